The van der Waals surface area contributed by atoms with Crippen molar-refractivity contribution >= 4 is 35.8 Å². The van der Waals surface area contributed by atoms with Crippen LogP contribution in [-0.2, 0) is 9.59 Å². The van der Waals surface area contributed by atoms with Gasteiger partial charge in [0, 0.05) is 44.7 Å². The molecule has 2 unspecified atom stereocenters. The zero-order valence-electron chi connectivity index (χ0n) is 13.7. The van der Waals surface area contributed by atoms with E-state index in [-0.39, 0.29) is 36.2 Å². The first-order chi connectivity index (χ1) is 11.1. The van der Waals surface area contributed by atoms with Crippen LogP contribution in [0.2, 0.25) is 5.02 Å². The molecule has 2 saturated heterocycles. The largest absolute Gasteiger partial charge is 0.342 e. The van der Waals surface area contributed by atoms with Gasteiger partial charge in [0.25, 0.3) is 0 Å². The van der Waals surface area contributed by atoms with Gasteiger partial charge >= 0.3 is 0 Å². The van der Waals surface area contributed by atoms with Crippen LogP contribution in [0.25, 0.3) is 0 Å². The Morgan fingerprint density at radius 3 is 2.67 bits per heavy atom. The first kappa shape index (κ1) is 19.0. The fourth-order valence-electron chi connectivity index (χ4n) is 3.47. The monoisotopic (exact) mass is 371 g/mol. The second-order valence-corrected chi connectivity index (χ2v) is 6.63. The summed E-state index contributed by atoms with van der Waals surface area (Å²) in [7, 11) is 0. The lowest BCUT2D eigenvalue weighted by atomic mass is 9.99. The Hall–Kier alpha value is -1.30. The molecule has 2 fully saturated rings. The lowest BCUT2D eigenvalue weighted by Gasteiger charge is -2.38. The second kappa shape index (κ2) is 8.19. The molecule has 2 aliphatic heterocycles. The fourth-order valence-corrected chi connectivity index (χ4v) is 3.74. The van der Waals surface area contributed by atoms with Crippen LogP contribution in [0.1, 0.15) is 24.9 Å². The quantitative estimate of drug-likeness (QED) is 0.865. The molecule has 2 aliphatic rings. The summed E-state index contributed by atoms with van der Waals surface area (Å²) in [5, 5.41) is 4.04. The van der Waals surface area contributed by atoms with Gasteiger partial charge in [-0.25, -0.2) is 0 Å². The summed E-state index contributed by atoms with van der Waals surface area (Å²) in [5.41, 5.74) is 0.983. The van der Waals surface area contributed by atoms with Crippen molar-refractivity contribution in [2.45, 2.75) is 19.4 Å². The third-order valence-corrected chi connectivity index (χ3v) is 5.12. The smallest absolute Gasteiger partial charge is 0.228 e. The molecule has 0 radical (unpaired) electrons. The average Bonchev–Trinajstić information content (AvgIpc) is 3.05. The fraction of sp³-hybridized carbons (Fsp3) is 0.529. The highest BCUT2D eigenvalue weighted by molar-refractivity contribution is 6.31. The molecule has 1 aromatic rings. The Balaban J connectivity index is 0.00000208. The maximum absolute atomic E-state index is 13.0. The van der Waals surface area contributed by atoms with Crippen LogP contribution in [0.3, 0.4) is 0 Å². The van der Waals surface area contributed by atoms with Crippen molar-refractivity contribution in [2.24, 2.45) is 5.92 Å². The third kappa shape index (κ3) is 3.85. The van der Waals surface area contributed by atoms with Gasteiger partial charge < -0.3 is 15.1 Å². The van der Waals surface area contributed by atoms with Crippen LogP contribution in [-0.4, -0.2) is 54.3 Å². The first-order valence-electron chi connectivity index (χ1n) is 8.09. The number of benzene rings is 1. The number of hydrogen-bond acceptors (Lipinski definition) is 3. The van der Waals surface area contributed by atoms with Gasteiger partial charge in [-0.1, -0.05) is 29.8 Å². The van der Waals surface area contributed by atoms with E-state index in [1.54, 1.807) is 11.8 Å². The maximum atomic E-state index is 13.0. The van der Waals surface area contributed by atoms with Crippen molar-refractivity contribution in [3.63, 3.8) is 0 Å². The molecule has 1 N–H and O–H groups in total. The Labute approximate surface area is 153 Å². The highest BCUT2D eigenvalue weighted by Gasteiger charge is 2.36. The predicted octanol–water partition coefficient (Wildman–Crippen LogP) is 2.10. The molecule has 1 aromatic carbocycles. The van der Waals surface area contributed by atoms with E-state index >= 15 is 0 Å². The SMILES string of the molecule is CC(=O)N1CCC(C(=O)N2CCNCC2c2ccccc2Cl)C1.Cl. The zero-order chi connectivity index (χ0) is 16.4. The third-order valence-electron chi connectivity index (χ3n) is 4.77. The summed E-state index contributed by atoms with van der Waals surface area (Å²) in [6.45, 7) is 4.94. The summed E-state index contributed by atoms with van der Waals surface area (Å²) in [4.78, 5) is 28.2. The number of nitrogens with one attached hydrogen (secondary N) is 1. The standard InChI is InChI=1S/C17H22ClN3O2.ClH/c1-12(22)20-8-6-13(11-20)17(23)21-9-7-19-10-16(21)14-4-2-3-5-15(14)18;/h2-5,13,16,19H,6-11H2,1H3;1H. The van der Waals surface area contributed by atoms with E-state index < -0.39 is 0 Å². The molecule has 0 saturated carbocycles. The summed E-state index contributed by atoms with van der Waals surface area (Å²) < 4.78 is 0. The van der Waals surface area contributed by atoms with Gasteiger partial charge in [0.15, 0.2) is 0 Å². The van der Waals surface area contributed by atoms with Gasteiger partial charge in [0.1, 0.15) is 0 Å². The number of nitrogens with zero attached hydrogens (tertiary/aromatic N) is 2. The number of likely N-dealkylation sites (tertiary alicyclic amines) is 1. The molecule has 0 spiro atoms. The minimum atomic E-state index is -0.0954. The molecule has 2 atom stereocenters. The number of carbonyl (C=O) groups excluding carboxylic acids is 2. The second-order valence-electron chi connectivity index (χ2n) is 6.22. The number of piperazine rings is 1. The topological polar surface area (TPSA) is 52.7 Å². The van der Waals surface area contributed by atoms with Crippen LogP contribution >= 0.6 is 24.0 Å². The Morgan fingerprint density at radius 2 is 2.00 bits per heavy atom. The summed E-state index contributed by atoms with van der Waals surface area (Å²) in [6.07, 6.45) is 0.748. The number of hydrogen-bond donors (Lipinski definition) is 1. The molecule has 3 rings (SSSR count). The summed E-state index contributed by atoms with van der Waals surface area (Å²) in [5.74, 6) is 0.0884. The number of amides is 2. The Morgan fingerprint density at radius 1 is 1.25 bits per heavy atom. The Bertz CT molecular complexity index is 611. The average molecular weight is 372 g/mol. The molecule has 0 aliphatic carbocycles. The highest BCUT2D eigenvalue weighted by Crippen LogP contribution is 2.31. The van der Waals surface area contributed by atoms with E-state index in [1.165, 1.54) is 0 Å². The van der Waals surface area contributed by atoms with Gasteiger partial charge in [-0.3, -0.25) is 9.59 Å². The van der Waals surface area contributed by atoms with E-state index in [9.17, 15) is 9.59 Å². The number of carbonyl (C=O) groups is 2. The lowest BCUT2D eigenvalue weighted by molar-refractivity contribution is -0.138. The van der Waals surface area contributed by atoms with Gasteiger partial charge in [0.2, 0.25) is 11.8 Å². The van der Waals surface area contributed by atoms with Crippen molar-refractivity contribution < 1.29 is 9.59 Å². The molecule has 7 heteroatoms. The van der Waals surface area contributed by atoms with Gasteiger partial charge in [-0.2, -0.15) is 0 Å². The van der Waals surface area contributed by atoms with Crippen LogP contribution in [0.4, 0.5) is 0 Å². The van der Waals surface area contributed by atoms with Crippen molar-refractivity contribution in [3.05, 3.63) is 34.9 Å². The molecule has 0 bridgehead atoms. The highest BCUT2D eigenvalue weighted by atomic mass is 35.5. The molecular weight excluding hydrogens is 349 g/mol. The molecule has 0 aromatic heterocycles. The minimum absolute atomic E-state index is 0. The van der Waals surface area contributed by atoms with E-state index in [2.05, 4.69) is 5.32 Å². The van der Waals surface area contributed by atoms with Crippen molar-refractivity contribution in [1.82, 2.24) is 15.1 Å². The summed E-state index contributed by atoms with van der Waals surface area (Å²) >= 11 is 6.33. The maximum Gasteiger partial charge on any atom is 0.228 e. The molecule has 5 nitrogen and oxygen atoms in total. The van der Waals surface area contributed by atoms with Gasteiger partial charge in [-0.15, -0.1) is 12.4 Å². The van der Waals surface area contributed by atoms with Gasteiger partial charge in [-0.05, 0) is 18.1 Å². The Kier molecular flexibility index (Phi) is 6.49. The van der Waals surface area contributed by atoms with E-state index in [1.807, 2.05) is 29.2 Å². The predicted molar refractivity (Wildman–Crippen MR) is 96.4 cm³/mol. The number of rotatable bonds is 2. The van der Waals surface area contributed by atoms with Crippen LogP contribution in [0.15, 0.2) is 24.3 Å². The van der Waals surface area contributed by atoms with Crippen LogP contribution in [0, 0.1) is 5.92 Å². The number of halogens is 2. The molecule has 2 heterocycles. The normalized spacial score (nSPS) is 23.8. The molecular formula is C17H23Cl2N3O2. The van der Waals surface area contributed by atoms with E-state index in [0.717, 1.165) is 18.5 Å². The summed E-state index contributed by atoms with van der Waals surface area (Å²) in [6, 6.07) is 7.65. The van der Waals surface area contributed by atoms with Crippen LogP contribution < -0.4 is 5.32 Å². The van der Waals surface area contributed by atoms with Crippen molar-refractivity contribution in [3.8, 4) is 0 Å². The first-order valence-corrected chi connectivity index (χ1v) is 8.47. The molecule has 132 valence electrons. The van der Waals surface area contributed by atoms with Crippen molar-refractivity contribution in [2.75, 3.05) is 32.7 Å². The molecule has 2 amide bonds. The van der Waals surface area contributed by atoms with E-state index in [4.69, 9.17) is 11.6 Å². The van der Waals surface area contributed by atoms with E-state index in [0.29, 0.717) is 31.2 Å². The minimum Gasteiger partial charge on any atom is -0.342 e. The van der Waals surface area contributed by atoms with Crippen LogP contribution in [0.5, 0.6) is 0 Å². The van der Waals surface area contributed by atoms with Gasteiger partial charge in [0.05, 0.1) is 12.0 Å². The lowest BCUT2D eigenvalue weighted by Crippen LogP contribution is -2.51. The van der Waals surface area contributed by atoms with Crippen molar-refractivity contribution in [1.29, 1.82) is 0 Å². The molecule has 24 heavy (non-hydrogen) atoms. The zero-order valence-corrected chi connectivity index (χ0v) is 15.3.